The Morgan fingerprint density at radius 3 is 2.12 bits per heavy atom. The summed E-state index contributed by atoms with van der Waals surface area (Å²) in [5, 5.41) is 11.1. The van der Waals surface area contributed by atoms with Crippen LogP contribution in [0.2, 0.25) is 0 Å². The Morgan fingerprint density at radius 1 is 0.906 bits per heavy atom. The number of halogens is 3. The summed E-state index contributed by atoms with van der Waals surface area (Å²) in [5.74, 6) is -1.06. The third-order valence-corrected chi connectivity index (χ3v) is 4.69. The average Bonchev–Trinajstić information content (AvgIpc) is 2.81. The number of carbonyl (C=O) groups is 1. The fraction of sp³-hybridized carbons (Fsp3) is 0.130. The molecule has 2 aromatic heterocycles. The number of aliphatic hydroxyl groups excluding tert-OH is 1. The van der Waals surface area contributed by atoms with Crippen molar-refractivity contribution in [1.29, 1.82) is 0 Å². The molecule has 0 atom stereocenters. The minimum atomic E-state index is -4.71. The van der Waals surface area contributed by atoms with Crippen molar-refractivity contribution in [2.45, 2.75) is 6.18 Å². The normalized spacial score (nSPS) is 11.5. The van der Waals surface area contributed by atoms with E-state index in [1.165, 1.54) is 0 Å². The molecule has 0 spiro atoms. The topological polar surface area (TPSA) is 88.0 Å². The van der Waals surface area contributed by atoms with Crippen molar-refractivity contribution in [2.24, 2.45) is 0 Å². The summed E-state index contributed by atoms with van der Waals surface area (Å²) in [6.07, 6.45) is -4.71. The molecule has 0 bridgehead atoms. The van der Waals surface area contributed by atoms with Crippen LogP contribution in [0.25, 0.3) is 33.5 Å². The highest BCUT2D eigenvalue weighted by atomic mass is 19.4. The second kappa shape index (κ2) is 8.72. The minimum absolute atomic E-state index is 0.0494. The Bertz CT molecular complexity index is 1260. The van der Waals surface area contributed by atoms with E-state index >= 15 is 0 Å². The second-order valence-corrected chi connectivity index (χ2v) is 6.86. The first kappa shape index (κ1) is 21.4. The molecule has 162 valence electrons. The van der Waals surface area contributed by atoms with Crippen LogP contribution in [0.1, 0.15) is 16.2 Å². The van der Waals surface area contributed by atoms with Crippen LogP contribution in [-0.4, -0.2) is 39.1 Å². The van der Waals surface area contributed by atoms with Crippen LogP contribution in [0.5, 0.6) is 0 Å². The van der Waals surface area contributed by atoms with E-state index in [1.54, 1.807) is 60.7 Å². The summed E-state index contributed by atoms with van der Waals surface area (Å²) in [4.78, 5) is 25.0. The number of pyridine rings is 1. The van der Waals surface area contributed by atoms with Gasteiger partial charge in [0.25, 0.3) is 5.91 Å². The van der Waals surface area contributed by atoms with Crippen molar-refractivity contribution in [3.05, 3.63) is 78.1 Å². The van der Waals surface area contributed by atoms with Gasteiger partial charge in [0.15, 0.2) is 5.65 Å². The van der Waals surface area contributed by atoms with Gasteiger partial charge < -0.3 is 10.4 Å². The molecule has 4 rings (SSSR count). The van der Waals surface area contributed by atoms with Gasteiger partial charge in [-0.1, -0.05) is 60.7 Å². The number of nitrogens with zero attached hydrogens (tertiary/aromatic N) is 3. The second-order valence-electron chi connectivity index (χ2n) is 6.86. The van der Waals surface area contributed by atoms with Crippen molar-refractivity contribution in [3.8, 4) is 22.5 Å². The van der Waals surface area contributed by atoms with E-state index in [0.717, 1.165) is 6.07 Å². The van der Waals surface area contributed by atoms with Crippen molar-refractivity contribution >= 4 is 16.9 Å². The van der Waals surface area contributed by atoms with Gasteiger partial charge in [-0.3, -0.25) is 4.79 Å². The third-order valence-electron chi connectivity index (χ3n) is 4.69. The van der Waals surface area contributed by atoms with Crippen LogP contribution in [0.3, 0.4) is 0 Å². The van der Waals surface area contributed by atoms with E-state index in [4.69, 9.17) is 5.11 Å². The van der Waals surface area contributed by atoms with E-state index in [2.05, 4.69) is 20.3 Å². The zero-order valence-electron chi connectivity index (χ0n) is 16.6. The first-order valence-electron chi connectivity index (χ1n) is 9.68. The molecule has 2 N–H and O–H groups in total. The Morgan fingerprint density at radius 2 is 1.53 bits per heavy atom. The molecule has 2 heterocycles. The number of amides is 1. The molecule has 0 unspecified atom stereocenters. The minimum Gasteiger partial charge on any atom is -0.395 e. The van der Waals surface area contributed by atoms with Crippen molar-refractivity contribution in [1.82, 2.24) is 20.3 Å². The molecule has 0 saturated heterocycles. The molecule has 0 aliphatic rings. The largest absolute Gasteiger partial charge is 0.417 e. The molecule has 9 heteroatoms. The molecule has 4 aromatic rings. The maximum atomic E-state index is 14.1. The zero-order valence-corrected chi connectivity index (χ0v) is 16.6. The first-order valence-corrected chi connectivity index (χ1v) is 9.68. The number of aromatic nitrogens is 3. The summed E-state index contributed by atoms with van der Waals surface area (Å²) < 4.78 is 42.4. The van der Waals surface area contributed by atoms with E-state index < -0.39 is 17.6 Å². The van der Waals surface area contributed by atoms with Gasteiger partial charge in [-0.25, -0.2) is 15.0 Å². The van der Waals surface area contributed by atoms with Gasteiger partial charge in [-0.05, 0) is 6.07 Å². The van der Waals surface area contributed by atoms with Gasteiger partial charge in [0, 0.05) is 17.7 Å². The van der Waals surface area contributed by atoms with Crippen LogP contribution in [0.4, 0.5) is 13.2 Å². The molecule has 1 amide bonds. The maximum absolute atomic E-state index is 14.1. The predicted molar refractivity (Wildman–Crippen MR) is 113 cm³/mol. The maximum Gasteiger partial charge on any atom is 0.417 e. The Labute approximate surface area is 180 Å². The summed E-state index contributed by atoms with van der Waals surface area (Å²) in [6.45, 7) is -0.355. The number of hydrogen-bond acceptors (Lipinski definition) is 5. The number of carbonyl (C=O) groups excluding carboxylic acids is 1. The molecule has 0 fully saturated rings. The standard InChI is InChI=1S/C23H17F3N4O2/c24-23(25,26)16-13-17(14-7-3-1-4-8-14)28-20-18(16)19(15-9-5-2-6-10-15)29-21(30-20)22(32)27-11-12-31/h1-10,13,31H,11-12H2,(H,27,32). The zero-order chi connectivity index (χ0) is 22.7. The Hall–Kier alpha value is -3.85. The lowest BCUT2D eigenvalue weighted by atomic mass is 10.0. The molecule has 32 heavy (non-hydrogen) atoms. The van der Waals surface area contributed by atoms with Crippen molar-refractivity contribution < 1.29 is 23.1 Å². The van der Waals surface area contributed by atoms with E-state index in [-0.39, 0.29) is 41.4 Å². The highest BCUT2D eigenvalue weighted by Gasteiger charge is 2.36. The van der Waals surface area contributed by atoms with Crippen LogP contribution in [0, 0.1) is 0 Å². The summed E-state index contributed by atoms with van der Waals surface area (Å²) >= 11 is 0. The Kier molecular flexibility index (Phi) is 5.83. The molecule has 0 radical (unpaired) electrons. The highest BCUT2D eigenvalue weighted by Crippen LogP contribution is 2.39. The number of aliphatic hydroxyl groups is 1. The summed E-state index contributed by atoms with van der Waals surface area (Å²) in [6, 6.07) is 17.6. The van der Waals surface area contributed by atoms with Crippen molar-refractivity contribution in [2.75, 3.05) is 13.2 Å². The summed E-state index contributed by atoms with van der Waals surface area (Å²) in [7, 11) is 0. The SMILES string of the molecule is O=C(NCCO)c1nc(-c2ccccc2)c2c(C(F)(F)F)cc(-c3ccccc3)nc2n1. The van der Waals surface area contributed by atoms with Crippen molar-refractivity contribution in [3.63, 3.8) is 0 Å². The van der Waals surface area contributed by atoms with Gasteiger partial charge in [0.05, 0.1) is 28.9 Å². The third kappa shape index (κ3) is 4.28. The lowest BCUT2D eigenvalue weighted by Gasteiger charge is -2.16. The quantitative estimate of drug-likeness (QED) is 0.490. The molecule has 2 aromatic carbocycles. The predicted octanol–water partition coefficient (Wildman–Crippen LogP) is 4.10. The molecule has 0 saturated carbocycles. The van der Waals surface area contributed by atoms with Gasteiger partial charge in [-0.2, -0.15) is 13.2 Å². The Balaban J connectivity index is 2.06. The number of nitrogens with one attached hydrogen (secondary N) is 1. The molecular formula is C23H17F3N4O2. The summed E-state index contributed by atoms with van der Waals surface area (Å²) in [5.41, 5.74) is -0.305. The molecule has 0 aliphatic carbocycles. The van der Waals surface area contributed by atoms with Crippen LogP contribution in [0.15, 0.2) is 66.7 Å². The van der Waals surface area contributed by atoms with Gasteiger partial charge in [0.2, 0.25) is 5.82 Å². The van der Waals surface area contributed by atoms with Crippen LogP contribution in [-0.2, 0) is 6.18 Å². The first-order chi connectivity index (χ1) is 15.4. The van der Waals surface area contributed by atoms with Crippen LogP contribution < -0.4 is 5.32 Å². The van der Waals surface area contributed by atoms with E-state index in [0.29, 0.717) is 11.1 Å². The number of benzene rings is 2. The number of alkyl halides is 3. The average molecular weight is 438 g/mol. The number of fused-ring (bicyclic) bond motifs is 1. The lowest BCUT2D eigenvalue weighted by Crippen LogP contribution is -2.28. The highest BCUT2D eigenvalue weighted by molar-refractivity contribution is 5.99. The van der Waals surface area contributed by atoms with Crippen LogP contribution >= 0.6 is 0 Å². The van der Waals surface area contributed by atoms with Gasteiger partial charge >= 0.3 is 6.18 Å². The monoisotopic (exact) mass is 438 g/mol. The molecule has 6 nitrogen and oxygen atoms in total. The molecular weight excluding hydrogens is 421 g/mol. The molecule has 0 aliphatic heterocycles. The van der Waals surface area contributed by atoms with E-state index in [9.17, 15) is 18.0 Å². The number of rotatable bonds is 5. The fourth-order valence-electron chi connectivity index (χ4n) is 3.27. The fourth-order valence-corrected chi connectivity index (χ4v) is 3.27. The van der Waals surface area contributed by atoms with E-state index in [1.807, 2.05) is 0 Å². The van der Waals surface area contributed by atoms with Gasteiger partial charge in [-0.15, -0.1) is 0 Å². The number of hydrogen-bond donors (Lipinski definition) is 2. The smallest absolute Gasteiger partial charge is 0.395 e. The van der Waals surface area contributed by atoms with Gasteiger partial charge in [0.1, 0.15) is 0 Å². The lowest BCUT2D eigenvalue weighted by molar-refractivity contribution is -0.136.